The summed E-state index contributed by atoms with van der Waals surface area (Å²) in [6.45, 7) is 0. The molecule has 0 saturated heterocycles. The van der Waals surface area contributed by atoms with Gasteiger partial charge in [0, 0.05) is 22.0 Å². The number of methoxy groups -OCH3 is 1. The highest BCUT2D eigenvalue weighted by Gasteiger charge is 2.13. The topological polar surface area (TPSA) is 26.3 Å². The van der Waals surface area contributed by atoms with Crippen LogP contribution in [0.15, 0.2) is 46.9 Å². The van der Waals surface area contributed by atoms with Crippen LogP contribution in [0.2, 0.25) is 0 Å². The molecule has 0 N–H and O–H groups in total. The maximum Gasteiger partial charge on any atom is 0.168 e. The highest BCUT2D eigenvalue weighted by Crippen LogP contribution is 2.23. The van der Waals surface area contributed by atoms with E-state index in [1.54, 1.807) is 7.11 Å². The van der Waals surface area contributed by atoms with Gasteiger partial charge in [-0.3, -0.25) is 4.79 Å². The molecule has 2 nitrogen and oxygen atoms in total. The molecule has 0 aliphatic carbocycles. The van der Waals surface area contributed by atoms with Crippen LogP contribution in [0.5, 0.6) is 5.75 Å². The Balaban J connectivity index is 2.26. The van der Waals surface area contributed by atoms with Gasteiger partial charge in [0.15, 0.2) is 5.78 Å². The van der Waals surface area contributed by atoms with Crippen molar-refractivity contribution in [2.45, 2.75) is 6.42 Å². The van der Waals surface area contributed by atoms with Crippen LogP contribution in [0.3, 0.4) is 0 Å². The molecule has 2 rings (SSSR count). The number of halogens is 2. The van der Waals surface area contributed by atoms with Gasteiger partial charge >= 0.3 is 0 Å². The summed E-state index contributed by atoms with van der Waals surface area (Å²) < 4.78 is 18.7. The SMILES string of the molecule is COc1ccccc1CC(=O)c1ccc(F)cc1Br. The lowest BCUT2D eigenvalue weighted by atomic mass is 10.0. The first-order valence-corrected chi connectivity index (χ1v) is 6.51. The Morgan fingerprint density at radius 2 is 2.00 bits per heavy atom. The molecule has 0 amide bonds. The second-order valence-electron chi connectivity index (χ2n) is 4.04. The number of benzene rings is 2. The van der Waals surface area contributed by atoms with Crippen molar-refractivity contribution in [3.63, 3.8) is 0 Å². The molecule has 0 radical (unpaired) electrons. The van der Waals surface area contributed by atoms with Crippen molar-refractivity contribution < 1.29 is 13.9 Å². The molecule has 0 heterocycles. The number of hydrogen-bond acceptors (Lipinski definition) is 2. The van der Waals surface area contributed by atoms with Gasteiger partial charge in [-0.2, -0.15) is 0 Å². The van der Waals surface area contributed by atoms with Gasteiger partial charge in [-0.15, -0.1) is 0 Å². The summed E-state index contributed by atoms with van der Waals surface area (Å²) in [5.74, 6) is 0.214. The van der Waals surface area contributed by atoms with Gasteiger partial charge in [0.05, 0.1) is 7.11 Å². The molecule has 4 heteroatoms. The van der Waals surface area contributed by atoms with E-state index in [9.17, 15) is 9.18 Å². The van der Waals surface area contributed by atoms with Crippen LogP contribution in [-0.4, -0.2) is 12.9 Å². The molecular weight excluding hydrogens is 311 g/mol. The minimum absolute atomic E-state index is 0.0867. The highest BCUT2D eigenvalue weighted by atomic mass is 79.9. The summed E-state index contributed by atoms with van der Waals surface area (Å²) in [6, 6.07) is 11.4. The zero-order valence-corrected chi connectivity index (χ0v) is 11.9. The first-order chi connectivity index (χ1) is 9.11. The molecule has 0 saturated carbocycles. The summed E-state index contributed by atoms with van der Waals surface area (Å²) in [5, 5.41) is 0. The Labute approximate surface area is 119 Å². The standard InChI is InChI=1S/C15H12BrFO2/c1-19-15-5-3-2-4-10(15)8-14(18)12-7-6-11(17)9-13(12)16/h2-7,9H,8H2,1H3. The van der Waals surface area contributed by atoms with E-state index in [4.69, 9.17) is 4.74 Å². The molecular formula is C15H12BrFO2. The van der Waals surface area contributed by atoms with Gasteiger partial charge in [0.2, 0.25) is 0 Å². The molecule has 19 heavy (non-hydrogen) atoms. The van der Waals surface area contributed by atoms with Gasteiger partial charge in [-0.05, 0) is 40.2 Å². The molecule has 0 atom stereocenters. The van der Waals surface area contributed by atoms with Crippen LogP contribution in [0.4, 0.5) is 4.39 Å². The third-order valence-corrected chi connectivity index (χ3v) is 3.43. The van der Waals surface area contributed by atoms with Crippen molar-refractivity contribution in [3.8, 4) is 5.75 Å². The van der Waals surface area contributed by atoms with Crippen LogP contribution in [0.25, 0.3) is 0 Å². The van der Waals surface area contributed by atoms with E-state index in [2.05, 4.69) is 15.9 Å². The Bertz CT molecular complexity index is 611. The summed E-state index contributed by atoms with van der Waals surface area (Å²) in [7, 11) is 1.57. The molecule has 98 valence electrons. The van der Waals surface area contributed by atoms with E-state index in [-0.39, 0.29) is 18.0 Å². The summed E-state index contributed by atoms with van der Waals surface area (Å²) in [4.78, 5) is 12.2. The smallest absolute Gasteiger partial charge is 0.168 e. The van der Waals surface area contributed by atoms with Crippen LogP contribution >= 0.6 is 15.9 Å². The molecule has 2 aromatic carbocycles. The van der Waals surface area contributed by atoms with E-state index in [1.807, 2.05) is 24.3 Å². The lowest BCUT2D eigenvalue weighted by molar-refractivity contribution is 0.0991. The monoisotopic (exact) mass is 322 g/mol. The second-order valence-corrected chi connectivity index (χ2v) is 4.89. The predicted octanol–water partition coefficient (Wildman–Crippen LogP) is 4.02. The van der Waals surface area contributed by atoms with E-state index < -0.39 is 0 Å². The summed E-state index contributed by atoms with van der Waals surface area (Å²) in [5.41, 5.74) is 1.28. The fourth-order valence-corrected chi connectivity index (χ4v) is 2.40. The fourth-order valence-electron chi connectivity index (χ4n) is 1.83. The number of carbonyl (C=O) groups excluding carboxylic acids is 1. The minimum atomic E-state index is -0.374. The largest absolute Gasteiger partial charge is 0.496 e. The zero-order valence-electron chi connectivity index (χ0n) is 10.3. The molecule has 0 aliphatic heterocycles. The molecule has 0 bridgehead atoms. The third-order valence-electron chi connectivity index (χ3n) is 2.78. The number of Topliss-reactive ketones (excluding diaryl/α,β-unsaturated/α-hetero) is 1. The van der Waals surface area contributed by atoms with Gasteiger partial charge < -0.3 is 4.74 Å². The van der Waals surface area contributed by atoms with Crippen molar-refractivity contribution in [1.82, 2.24) is 0 Å². The van der Waals surface area contributed by atoms with E-state index >= 15 is 0 Å². The minimum Gasteiger partial charge on any atom is -0.496 e. The number of carbonyl (C=O) groups is 1. The number of para-hydroxylation sites is 1. The van der Waals surface area contributed by atoms with Crippen molar-refractivity contribution in [1.29, 1.82) is 0 Å². The molecule has 0 spiro atoms. The fraction of sp³-hybridized carbons (Fsp3) is 0.133. The Morgan fingerprint density at radius 3 is 2.68 bits per heavy atom. The van der Waals surface area contributed by atoms with Crippen LogP contribution < -0.4 is 4.74 Å². The number of hydrogen-bond donors (Lipinski definition) is 0. The first kappa shape index (κ1) is 13.7. The lowest BCUT2D eigenvalue weighted by Gasteiger charge is -2.08. The van der Waals surface area contributed by atoms with Gasteiger partial charge in [-0.1, -0.05) is 18.2 Å². The Kier molecular flexibility index (Phi) is 4.32. The average molecular weight is 323 g/mol. The van der Waals surface area contributed by atoms with Crippen molar-refractivity contribution in [3.05, 3.63) is 63.9 Å². The molecule has 0 fully saturated rings. The normalized spacial score (nSPS) is 10.3. The van der Waals surface area contributed by atoms with E-state index in [0.717, 1.165) is 5.56 Å². The summed E-state index contributed by atoms with van der Waals surface area (Å²) >= 11 is 3.20. The Hall–Kier alpha value is -1.68. The van der Waals surface area contributed by atoms with E-state index in [1.165, 1.54) is 18.2 Å². The quantitative estimate of drug-likeness (QED) is 0.795. The zero-order chi connectivity index (χ0) is 13.8. The molecule has 0 aromatic heterocycles. The van der Waals surface area contributed by atoms with Gasteiger partial charge in [-0.25, -0.2) is 4.39 Å². The molecule has 0 unspecified atom stereocenters. The van der Waals surface area contributed by atoms with Crippen LogP contribution in [0.1, 0.15) is 15.9 Å². The van der Waals surface area contributed by atoms with Gasteiger partial charge in [0.1, 0.15) is 11.6 Å². The van der Waals surface area contributed by atoms with E-state index in [0.29, 0.717) is 15.8 Å². The third kappa shape index (κ3) is 3.20. The maximum absolute atomic E-state index is 13.0. The van der Waals surface area contributed by atoms with Crippen molar-refractivity contribution in [2.75, 3.05) is 7.11 Å². The second kappa shape index (κ2) is 5.97. The van der Waals surface area contributed by atoms with Crippen molar-refractivity contribution >= 4 is 21.7 Å². The Morgan fingerprint density at radius 1 is 1.26 bits per heavy atom. The van der Waals surface area contributed by atoms with Crippen molar-refractivity contribution in [2.24, 2.45) is 0 Å². The van der Waals surface area contributed by atoms with Crippen LogP contribution in [0, 0.1) is 5.82 Å². The maximum atomic E-state index is 13.0. The number of ether oxygens (including phenoxy) is 1. The highest BCUT2D eigenvalue weighted by molar-refractivity contribution is 9.10. The van der Waals surface area contributed by atoms with Gasteiger partial charge in [0.25, 0.3) is 0 Å². The average Bonchev–Trinajstić information content (AvgIpc) is 2.39. The number of rotatable bonds is 4. The lowest BCUT2D eigenvalue weighted by Crippen LogP contribution is -2.06. The predicted molar refractivity (Wildman–Crippen MR) is 75.1 cm³/mol. The first-order valence-electron chi connectivity index (χ1n) is 5.72. The van der Waals surface area contributed by atoms with Crippen LogP contribution in [-0.2, 0) is 6.42 Å². The molecule has 2 aromatic rings. The molecule has 0 aliphatic rings. The number of ketones is 1. The summed E-state index contributed by atoms with van der Waals surface area (Å²) in [6.07, 6.45) is 0.217.